The summed E-state index contributed by atoms with van der Waals surface area (Å²) in [7, 11) is 0. The number of unbranched alkanes of at least 4 members (excludes halogenated alkanes) is 44. The molecular formula is C77H138O6. The quantitative estimate of drug-likeness (QED) is 0.0261. The molecule has 0 N–H and O–H groups in total. The summed E-state index contributed by atoms with van der Waals surface area (Å²) in [5.74, 6) is -0.891. The van der Waals surface area contributed by atoms with Gasteiger partial charge in [-0.25, -0.2) is 0 Å². The normalized spacial score (nSPS) is 12.5. The van der Waals surface area contributed by atoms with E-state index in [0.717, 1.165) is 96.3 Å². The van der Waals surface area contributed by atoms with E-state index in [-0.39, 0.29) is 31.1 Å². The van der Waals surface area contributed by atoms with E-state index in [1.165, 1.54) is 244 Å². The van der Waals surface area contributed by atoms with Gasteiger partial charge in [-0.3, -0.25) is 14.4 Å². The fourth-order valence-corrected chi connectivity index (χ4v) is 10.7. The molecule has 0 heterocycles. The maximum absolute atomic E-state index is 12.9. The van der Waals surface area contributed by atoms with Crippen molar-refractivity contribution in [2.45, 2.75) is 386 Å². The molecule has 0 aromatic heterocycles. The van der Waals surface area contributed by atoms with Gasteiger partial charge in [-0.2, -0.15) is 0 Å². The molecule has 1 atom stereocenters. The lowest BCUT2D eigenvalue weighted by atomic mass is 10.0. The predicted molar refractivity (Wildman–Crippen MR) is 362 cm³/mol. The highest BCUT2D eigenvalue weighted by Crippen LogP contribution is 2.18. The second kappa shape index (κ2) is 71.3. The number of hydrogen-bond donors (Lipinski definition) is 0. The summed E-state index contributed by atoms with van der Waals surface area (Å²) in [5.41, 5.74) is 0. The summed E-state index contributed by atoms with van der Waals surface area (Å²) in [6, 6.07) is 0. The van der Waals surface area contributed by atoms with Crippen LogP contribution in [0, 0.1) is 0 Å². The van der Waals surface area contributed by atoms with Crippen molar-refractivity contribution in [2.75, 3.05) is 13.2 Å². The molecule has 0 fully saturated rings. The maximum Gasteiger partial charge on any atom is 0.306 e. The molecule has 0 aliphatic rings. The van der Waals surface area contributed by atoms with Crippen LogP contribution < -0.4 is 0 Å². The fraction of sp³-hybridized carbons (Fsp3) is 0.805. The second-order valence-corrected chi connectivity index (χ2v) is 24.5. The van der Waals surface area contributed by atoms with E-state index in [0.29, 0.717) is 19.3 Å². The monoisotopic (exact) mass is 1160 g/mol. The van der Waals surface area contributed by atoms with E-state index >= 15 is 0 Å². The molecule has 0 rings (SSSR count). The van der Waals surface area contributed by atoms with Crippen LogP contribution in [0.1, 0.15) is 380 Å². The van der Waals surface area contributed by atoms with Crippen molar-refractivity contribution in [3.05, 3.63) is 72.9 Å². The van der Waals surface area contributed by atoms with Gasteiger partial charge in [0.15, 0.2) is 6.10 Å². The summed E-state index contributed by atoms with van der Waals surface area (Å²) < 4.78 is 17.0. The van der Waals surface area contributed by atoms with Crippen molar-refractivity contribution in [1.82, 2.24) is 0 Å². The van der Waals surface area contributed by atoms with Gasteiger partial charge in [0.1, 0.15) is 13.2 Å². The summed E-state index contributed by atoms with van der Waals surface area (Å²) in [6.07, 6.45) is 93.7. The zero-order valence-corrected chi connectivity index (χ0v) is 55.5. The van der Waals surface area contributed by atoms with Crippen LogP contribution in [-0.4, -0.2) is 37.2 Å². The van der Waals surface area contributed by atoms with Gasteiger partial charge < -0.3 is 14.2 Å². The highest BCUT2D eigenvalue weighted by Gasteiger charge is 2.19. The fourth-order valence-electron chi connectivity index (χ4n) is 10.7. The minimum Gasteiger partial charge on any atom is -0.462 e. The molecule has 0 radical (unpaired) electrons. The highest BCUT2D eigenvalue weighted by atomic mass is 16.6. The number of esters is 3. The minimum absolute atomic E-state index is 0.0836. The smallest absolute Gasteiger partial charge is 0.306 e. The summed E-state index contributed by atoms with van der Waals surface area (Å²) >= 11 is 0. The van der Waals surface area contributed by atoms with Crippen LogP contribution in [0.4, 0.5) is 0 Å². The van der Waals surface area contributed by atoms with Crippen LogP contribution in [0.3, 0.4) is 0 Å². The second-order valence-electron chi connectivity index (χ2n) is 24.5. The van der Waals surface area contributed by atoms with Crippen LogP contribution in [0.2, 0.25) is 0 Å². The standard InChI is InChI=1S/C77H138O6/c1-4-7-10-13-16-19-22-25-28-31-32-33-34-35-36-37-38-39-40-41-42-43-44-47-49-52-55-58-61-64-67-70-76(79)82-73-74(83-77(80)71-68-65-62-59-56-53-50-46-30-27-24-21-18-15-12-9-6-3)72-81-75(78)69-66-63-60-57-54-51-48-45-29-26-23-20-17-14-11-8-5-2/h9,12,18,21,26-27,29-32,50,53,74H,4-8,10-11,13-17,19-20,22-25,28,33-49,51-52,54-73H2,1-3H3/b12-9-,21-18-,29-26-,30-27-,32-31-,53-50-. The lowest BCUT2D eigenvalue weighted by Gasteiger charge is -2.18. The van der Waals surface area contributed by atoms with Gasteiger partial charge in [0, 0.05) is 19.3 Å². The number of rotatable bonds is 67. The molecular weight excluding hydrogens is 1020 g/mol. The molecule has 0 aromatic carbocycles. The Morgan fingerprint density at radius 3 is 0.747 bits per heavy atom. The van der Waals surface area contributed by atoms with E-state index in [2.05, 4.69) is 93.7 Å². The molecule has 0 saturated carbocycles. The molecule has 0 spiro atoms. The first-order valence-corrected chi connectivity index (χ1v) is 36.4. The zero-order chi connectivity index (χ0) is 59.9. The largest absolute Gasteiger partial charge is 0.462 e. The Morgan fingerprint density at radius 1 is 0.253 bits per heavy atom. The lowest BCUT2D eigenvalue weighted by molar-refractivity contribution is -0.167. The van der Waals surface area contributed by atoms with Crippen LogP contribution in [0.25, 0.3) is 0 Å². The van der Waals surface area contributed by atoms with Crippen LogP contribution in [0.5, 0.6) is 0 Å². The van der Waals surface area contributed by atoms with Crippen molar-refractivity contribution in [2.24, 2.45) is 0 Å². The summed E-state index contributed by atoms with van der Waals surface area (Å²) in [6.45, 7) is 6.55. The highest BCUT2D eigenvalue weighted by molar-refractivity contribution is 5.71. The van der Waals surface area contributed by atoms with E-state index in [1.807, 2.05) is 0 Å². The number of allylic oxidation sites excluding steroid dienone is 12. The number of carbonyl (C=O) groups is 3. The van der Waals surface area contributed by atoms with Gasteiger partial charge in [0.2, 0.25) is 0 Å². The molecule has 0 saturated heterocycles. The summed E-state index contributed by atoms with van der Waals surface area (Å²) in [5, 5.41) is 0. The van der Waals surface area contributed by atoms with Crippen molar-refractivity contribution in [3.8, 4) is 0 Å². The van der Waals surface area contributed by atoms with E-state index in [1.54, 1.807) is 0 Å². The number of hydrogen-bond acceptors (Lipinski definition) is 6. The molecule has 6 nitrogen and oxygen atoms in total. The van der Waals surface area contributed by atoms with Gasteiger partial charge in [-0.15, -0.1) is 0 Å². The van der Waals surface area contributed by atoms with Crippen molar-refractivity contribution in [1.29, 1.82) is 0 Å². The van der Waals surface area contributed by atoms with Gasteiger partial charge >= 0.3 is 17.9 Å². The van der Waals surface area contributed by atoms with E-state index in [4.69, 9.17) is 14.2 Å². The van der Waals surface area contributed by atoms with E-state index < -0.39 is 6.10 Å². The average molecular weight is 1160 g/mol. The molecule has 0 aromatic rings. The SMILES string of the molecule is CC/C=C\C/C=C\C/C=C\C/C=C\CCCCCCC(=O)OC(COC(=O)CCCCCCCCC/C=C\CCCCCCCC)COC(=O)CCCCCCCCCCCCCCCCCCCCC/C=C\CCCCCCCCCC. The van der Waals surface area contributed by atoms with Crippen molar-refractivity contribution >= 4 is 17.9 Å². The van der Waals surface area contributed by atoms with Gasteiger partial charge in [-0.05, 0) is 109 Å². The molecule has 482 valence electrons. The van der Waals surface area contributed by atoms with Crippen LogP contribution in [0.15, 0.2) is 72.9 Å². The molecule has 0 aliphatic carbocycles. The third-order valence-corrected chi connectivity index (χ3v) is 16.2. The first-order chi connectivity index (χ1) is 41.0. The lowest BCUT2D eigenvalue weighted by Crippen LogP contribution is -2.30. The van der Waals surface area contributed by atoms with E-state index in [9.17, 15) is 14.4 Å². The minimum atomic E-state index is -0.791. The first kappa shape index (κ1) is 79.8. The molecule has 6 heteroatoms. The van der Waals surface area contributed by atoms with Crippen molar-refractivity contribution in [3.63, 3.8) is 0 Å². The Balaban J connectivity index is 4.23. The first-order valence-electron chi connectivity index (χ1n) is 36.4. The maximum atomic E-state index is 12.9. The molecule has 0 amide bonds. The topological polar surface area (TPSA) is 78.9 Å². The van der Waals surface area contributed by atoms with Gasteiger partial charge in [0.25, 0.3) is 0 Å². The van der Waals surface area contributed by atoms with Gasteiger partial charge in [0.05, 0.1) is 0 Å². The third-order valence-electron chi connectivity index (χ3n) is 16.2. The number of ether oxygens (including phenoxy) is 3. The molecule has 1 unspecified atom stereocenters. The molecule has 0 aliphatic heterocycles. The predicted octanol–water partition coefficient (Wildman–Crippen LogP) is 25.2. The van der Waals surface area contributed by atoms with Crippen LogP contribution >= 0.6 is 0 Å². The average Bonchev–Trinajstić information content (AvgIpc) is 3.50. The van der Waals surface area contributed by atoms with Crippen LogP contribution in [-0.2, 0) is 28.6 Å². The molecule has 0 bridgehead atoms. The zero-order valence-electron chi connectivity index (χ0n) is 55.5. The summed E-state index contributed by atoms with van der Waals surface area (Å²) in [4.78, 5) is 38.4. The number of carbonyl (C=O) groups excluding carboxylic acids is 3. The van der Waals surface area contributed by atoms with Crippen molar-refractivity contribution < 1.29 is 28.6 Å². The Bertz CT molecular complexity index is 1520. The Morgan fingerprint density at radius 2 is 0.470 bits per heavy atom. The Kier molecular flexibility index (Phi) is 68.6. The Hall–Kier alpha value is -3.15. The molecule has 83 heavy (non-hydrogen) atoms. The third kappa shape index (κ3) is 69.5. The van der Waals surface area contributed by atoms with Gasteiger partial charge in [-0.1, -0.05) is 325 Å². The Labute approximate surface area is 516 Å².